The van der Waals surface area contributed by atoms with Crippen LogP contribution in [0.4, 0.5) is 0 Å². The summed E-state index contributed by atoms with van der Waals surface area (Å²) < 4.78 is 7.53. The Bertz CT molecular complexity index is 532. The molecule has 0 bridgehead atoms. The van der Waals surface area contributed by atoms with Crippen molar-refractivity contribution in [3.63, 3.8) is 0 Å². The SMILES string of the molecule is Cn1nc(COCC(C)(C)CO)c2ccccc21. The van der Waals surface area contributed by atoms with Gasteiger partial charge in [-0.3, -0.25) is 4.68 Å². The fourth-order valence-corrected chi connectivity index (χ4v) is 1.86. The summed E-state index contributed by atoms with van der Waals surface area (Å²) in [6, 6.07) is 8.11. The van der Waals surface area contributed by atoms with Gasteiger partial charge in [0, 0.05) is 17.8 Å². The maximum absolute atomic E-state index is 9.17. The molecule has 4 nitrogen and oxygen atoms in total. The Morgan fingerprint density at radius 2 is 2.06 bits per heavy atom. The lowest BCUT2D eigenvalue weighted by molar-refractivity contribution is 0.0188. The Morgan fingerprint density at radius 1 is 1.33 bits per heavy atom. The van der Waals surface area contributed by atoms with E-state index >= 15 is 0 Å². The Hall–Kier alpha value is -1.39. The second-order valence-electron chi connectivity index (χ2n) is 5.40. The number of aromatic nitrogens is 2. The molecule has 2 rings (SSSR count). The van der Waals surface area contributed by atoms with Crippen LogP contribution in [0.1, 0.15) is 19.5 Å². The van der Waals surface area contributed by atoms with Crippen molar-refractivity contribution >= 4 is 10.9 Å². The van der Waals surface area contributed by atoms with E-state index in [1.54, 1.807) is 0 Å². The number of ether oxygens (including phenoxy) is 1. The van der Waals surface area contributed by atoms with E-state index in [9.17, 15) is 0 Å². The molecule has 4 heteroatoms. The van der Waals surface area contributed by atoms with Crippen molar-refractivity contribution in [2.45, 2.75) is 20.5 Å². The number of nitrogens with zero attached hydrogens (tertiary/aromatic N) is 2. The van der Waals surface area contributed by atoms with Gasteiger partial charge in [0.25, 0.3) is 0 Å². The lowest BCUT2D eigenvalue weighted by Gasteiger charge is -2.20. The average Bonchev–Trinajstić information content (AvgIpc) is 2.67. The van der Waals surface area contributed by atoms with E-state index in [0.29, 0.717) is 13.2 Å². The monoisotopic (exact) mass is 248 g/mol. The standard InChI is InChI=1S/C14H20N2O2/c1-14(2,9-17)10-18-8-12-11-6-4-5-7-13(11)16(3)15-12/h4-7,17H,8-10H2,1-3H3. The van der Waals surface area contributed by atoms with Crippen LogP contribution >= 0.6 is 0 Å². The Balaban J connectivity index is 2.09. The van der Waals surface area contributed by atoms with Crippen LogP contribution in [0.2, 0.25) is 0 Å². The van der Waals surface area contributed by atoms with Gasteiger partial charge in [-0.05, 0) is 6.07 Å². The molecule has 98 valence electrons. The van der Waals surface area contributed by atoms with Gasteiger partial charge >= 0.3 is 0 Å². The van der Waals surface area contributed by atoms with Crippen molar-refractivity contribution in [3.05, 3.63) is 30.0 Å². The van der Waals surface area contributed by atoms with Gasteiger partial charge in [0.2, 0.25) is 0 Å². The summed E-state index contributed by atoms with van der Waals surface area (Å²) in [6.07, 6.45) is 0. The lowest BCUT2D eigenvalue weighted by Crippen LogP contribution is -2.23. The molecule has 18 heavy (non-hydrogen) atoms. The fourth-order valence-electron chi connectivity index (χ4n) is 1.86. The van der Waals surface area contributed by atoms with Gasteiger partial charge < -0.3 is 9.84 Å². The molecule has 0 radical (unpaired) electrons. The third-order valence-corrected chi connectivity index (χ3v) is 2.99. The summed E-state index contributed by atoms with van der Waals surface area (Å²) in [5, 5.41) is 14.8. The molecule has 0 atom stereocenters. The third kappa shape index (κ3) is 2.71. The van der Waals surface area contributed by atoms with Crippen molar-refractivity contribution in [3.8, 4) is 0 Å². The maximum atomic E-state index is 9.17. The van der Waals surface area contributed by atoms with Crippen LogP contribution in [0.25, 0.3) is 10.9 Å². The summed E-state index contributed by atoms with van der Waals surface area (Å²) in [6.45, 7) is 5.07. The maximum Gasteiger partial charge on any atom is 0.0960 e. The minimum atomic E-state index is -0.204. The van der Waals surface area contributed by atoms with Gasteiger partial charge in [0.1, 0.15) is 0 Å². The van der Waals surface area contributed by atoms with Gasteiger partial charge in [0.05, 0.1) is 31.0 Å². The van der Waals surface area contributed by atoms with Crippen LogP contribution < -0.4 is 0 Å². The predicted molar refractivity (Wildman–Crippen MR) is 71.2 cm³/mol. The van der Waals surface area contributed by atoms with Crippen molar-refractivity contribution in [2.24, 2.45) is 12.5 Å². The van der Waals surface area contributed by atoms with E-state index < -0.39 is 0 Å². The van der Waals surface area contributed by atoms with Crippen molar-refractivity contribution in [1.82, 2.24) is 9.78 Å². The number of hydrogen-bond acceptors (Lipinski definition) is 3. The number of para-hydroxylation sites is 1. The minimum absolute atomic E-state index is 0.121. The summed E-state index contributed by atoms with van der Waals surface area (Å²) in [7, 11) is 1.93. The molecule has 1 aromatic carbocycles. The smallest absolute Gasteiger partial charge is 0.0960 e. The van der Waals surface area contributed by atoms with E-state index in [4.69, 9.17) is 9.84 Å². The summed E-state index contributed by atoms with van der Waals surface area (Å²) in [5.74, 6) is 0. The number of fused-ring (bicyclic) bond motifs is 1. The number of benzene rings is 1. The van der Waals surface area contributed by atoms with Crippen LogP contribution in [-0.4, -0.2) is 28.1 Å². The van der Waals surface area contributed by atoms with E-state index in [0.717, 1.165) is 16.6 Å². The first kappa shape index (κ1) is 13.1. The normalized spacial score (nSPS) is 12.2. The van der Waals surface area contributed by atoms with Gasteiger partial charge in [-0.1, -0.05) is 32.0 Å². The summed E-state index contributed by atoms with van der Waals surface area (Å²) in [4.78, 5) is 0. The number of aliphatic hydroxyl groups excluding tert-OH is 1. The first-order valence-electron chi connectivity index (χ1n) is 6.13. The van der Waals surface area contributed by atoms with E-state index in [1.165, 1.54) is 0 Å². The molecule has 0 aliphatic rings. The van der Waals surface area contributed by atoms with Crippen LogP contribution in [0, 0.1) is 5.41 Å². The summed E-state index contributed by atoms with van der Waals surface area (Å²) >= 11 is 0. The van der Waals surface area contributed by atoms with Crippen LogP contribution in [0.3, 0.4) is 0 Å². The molecule has 1 aromatic heterocycles. The Morgan fingerprint density at radius 3 is 2.78 bits per heavy atom. The number of rotatable bonds is 5. The number of aryl methyl sites for hydroxylation is 1. The lowest BCUT2D eigenvalue weighted by atomic mass is 9.97. The highest BCUT2D eigenvalue weighted by atomic mass is 16.5. The van der Waals surface area contributed by atoms with E-state index in [2.05, 4.69) is 11.2 Å². The van der Waals surface area contributed by atoms with Crippen molar-refractivity contribution < 1.29 is 9.84 Å². The first-order chi connectivity index (χ1) is 8.53. The van der Waals surface area contributed by atoms with Crippen molar-refractivity contribution in [1.29, 1.82) is 0 Å². The van der Waals surface area contributed by atoms with Gasteiger partial charge in [-0.2, -0.15) is 5.10 Å². The predicted octanol–water partition coefficient (Wildman–Crippen LogP) is 2.11. The molecule has 0 aliphatic heterocycles. The molecule has 0 saturated heterocycles. The zero-order valence-corrected chi connectivity index (χ0v) is 11.2. The molecular weight excluding hydrogens is 228 g/mol. The molecule has 0 unspecified atom stereocenters. The molecular formula is C14H20N2O2. The largest absolute Gasteiger partial charge is 0.396 e. The molecule has 2 aromatic rings. The second kappa shape index (κ2) is 5.08. The fraction of sp³-hybridized carbons (Fsp3) is 0.500. The van der Waals surface area contributed by atoms with Crippen LogP contribution in [-0.2, 0) is 18.4 Å². The second-order valence-corrected chi connectivity index (χ2v) is 5.40. The zero-order chi connectivity index (χ0) is 13.2. The zero-order valence-electron chi connectivity index (χ0n) is 11.2. The summed E-state index contributed by atoms with van der Waals surface area (Å²) in [5.41, 5.74) is 1.85. The molecule has 1 N–H and O–H groups in total. The number of hydrogen-bond donors (Lipinski definition) is 1. The third-order valence-electron chi connectivity index (χ3n) is 2.99. The van der Waals surface area contributed by atoms with E-state index in [-0.39, 0.29) is 12.0 Å². The topological polar surface area (TPSA) is 47.3 Å². The Kier molecular flexibility index (Phi) is 3.68. The molecule has 0 spiro atoms. The highest BCUT2D eigenvalue weighted by Crippen LogP contribution is 2.20. The minimum Gasteiger partial charge on any atom is -0.396 e. The molecule has 1 heterocycles. The average molecular weight is 248 g/mol. The molecule has 0 aliphatic carbocycles. The van der Waals surface area contributed by atoms with Crippen LogP contribution in [0.15, 0.2) is 24.3 Å². The van der Waals surface area contributed by atoms with Gasteiger partial charge in [-0.25, -0.2) is 0 Å². The van der Waals surface area contributed by atoms with Gasteiger partial charge in [-0.15, -0.1) is 0 Å². The molecule has 0 saturated carbocycles. The van der Waals surface area contributed by atoms with Crippen molar-refractivity contribution in [2.75, 3.05) is 13.2 Å². The number of aliphatic hydroxyl groups is 1. The highest BCUT2D eigenvalue weighted by Gasteiger charge is 2.17. The quantitative estimate of drug-likeness (QED) is 0.881. The van der Waals surface area contributed by atoms with Gasteiger partial charge in [0.15, 0.2) is 0 Å². The first-order valence-corrected chi connectivity index (χ1v) is 6.13. The molecule has 0 fully saturated rings. The molecule has 0 amide bonds. The van der Waals surface area contributed by atoms with E-state index in [1.807, 2.05) is 43.8 Å². The van der Waals surface area contributed by atoms with Crippen LogP contribution in [0.5, 0.6) is 0 Å². The highest BCUT2D eigenvalue weighted by molar-refractivity contribution is 5.81. The Labute approximate surface area is 107 Å².